The van der Waals surface area contributed by atoms with Gasteiger partial charge in [-0.15, -0.1) is 24.0 Å². The highest BCUT2D eigenvalue weighted by Crippen LogP contribution is 2.15. The van der Waals surface area contributed by atoms with Gasteiger partial charge in [-0.05, 0) is 19.9 Å². The highest BCUT2D eigenvalue weighted by molar-refractivity contribution is 14.0. The number of aromatic nitrogens is 3. The summed E-state index contributed by atoms with van der Waals surface area (Å²) >= 11 is 6.07. The van der Waals surface area contributed by atoms with Crippen LogP contribution in [0, 0.1) is 13.8 Å². The molecule has 0 radical (unpaired) electrons. The van der Waals surface area contributed by atoms with E-state index >= 15 is 0 Å². The number of ether oxygens (including phenoxy) is 1. The van der Waals surface area contributed by atoms with Crippen LogP contribution in [0.3, 0.4) is 0 Å². The van der Waals surface area contributed by atoms with Gasteiger partial charge >= 0.3 is 0 Å². The van der Waals surface area contributed by atoms with Crippen LogP contribution >= 0.6 is 35.6 Å². The average molecular weight is 509 g/mol. The zero-order chi connectivity index (χ0) is 19.3. The Labute approximate surface area is 183 Å². The zero-order valence-electron chi connectivity index (χ0n) is 16.9. The van der Waals surface area contributed by atoms with E-state index < -0.39 is 0 Å². The predicted octanol–water partition coefficient (Wildman–Crippen LogP) is 2.96. The first-order chi connectivity index (χ1) is 12.4. The summed E-state index contributed by atoms with van der Waals surface area (Å²) in [6, 6.07) is 1.97. The van der Waals surface area contributed by atoms with E-state index in [1.165, 1.54) is 5.56 Å². The summed E-state index contributed by atoms with van der Waals surface area (Å²) in [5.41, 5.74) is 4.50. The van der Waals surface area contributed by atoms with Crippen molar-refractivity contribution in [1.29, 1.82) is 0 Å². The Balaban J connectivity index is 0.00000364. The van der Waals surface area contributed by atoms with Gasteiger partial charge in [0.1, 0.15) is 0 Å². The van der Waals surface area contributed by atoms with Crippen LogP contribution < -0.4 is 5.32 Å². The van der Waals surface area contributed by atoms with Crippen molar-refractivity contribution in [3.05, 3.63) is 39.9 Å². The maximum Gasteiger partial charge on any atom is 0.194 e. The molecule has 9 heteroatoms. The van der Waals surface area contributed by atoms with Gasteiger partial charge in [-0.3, -0.25) is 9.67 Å². The van der Waals surface area contributed by atoms with Crippen LogP contribution in [-0.4, -0.2) is 53.0 Å². The molecule has 0 fully saturated rings. The summed E-state index contributed by atoms with van der Waals surface area (Å²) in [5, 5.41) is 8.78. The second kappa shape index (κ2) is 10.9. The Morgan fingerprint density at radius 3 is 2.67 bits per heavy atom. The number of methoxy groups -OCH3 is 1. The molecular formula is C18H30ClIN6O. The monoisotopic (exact) mass is 508 g/mol. The number of nitrogens with one attached hydrogen (secondary N) is 1. The van der Waals surface area contributed by atoms with E-state index in [4.69, 9.17) is 16.3 Å². The standard InChI is InChI=1S/C18H29ClN6O.HI/c1-13-17(14(2)25(22-13)7-8-26-6)10-21-18(20-3)24(5)12-16-9-15(19)11-23(16)4;/h9,11H,7-8,10,12H2,1-6H3,(H,20,21);1H. The minimum absolute atomic E-state index is 0. The predicted molar refractivity (Wildman–Crippen MR) is 121 cm³/mol. The van der Waals surface area contributed by atoms with E-state index in [2.05, 4.69) is 27.2 Å². The zero-order valence-corrected chi connectivity index (χ0v) is 20.0. The van der Waals surface area contributed by atoms with Gasteiger partial charge in [-0.1, -0.05) is 11.6 Å². The maximum atomic E-state index is 6.07. The Kier molecular flexibility index (Phi) is 9.61. The van der Waals surface area contributed by atoms with E-state index in [1.54, 1.807) is 14.2 Å². The first-order valence-corrected chi connectivity index (χ1v) is 8.99. The van der Waals surface area contributed by atoms with Gasteiger partial charge in [0.25, 0.3) is 0 Å². The van der Waals surface area contributed by atoms with Crippen molar-refractivity contribution in [2.75, 3.05) is 27.8 Å². The number of hydrogen-bond acceptors (Lipinski definition) is 3. The smallest absolute Gasteiger partial charge is 0.194 e. The number of halogens is 2. The molecule has 27 heavy (non-hydrogen) atoms. The van der Waals surface area contributed by atoms with Crippen molar-refractivity contribution in [3.63, 3.8) is 0 Å². The van der Waals surface area contributed by atoms with E-state index in [0.717, 1.165) is 34.6 Å². The molecule has 0 saturated carbocycles. The summed E-state index contributed by atoms with van der Waals surface area (Å²) in [6.45, 7) is 6.92. The van der Waals surface area contributed by atoms with Crippen LogP contribution in [0.1, 0.15) is 22.6 Å². The molecule has 0 spiro atoms. The first kappa shape index (κ1) is 23.8. The maximum absolute atomic E-state index is 6.07. The third kappa shape index (κ3) is 6.11. The molecule has 0 amide bonds. The largest absolute Gasteiger partial charge is 0.383 e. The quantitative estimate of drug-likeness (QED) is 0.355. The molecule has 0 aliphatic heterocycles. The van der Waals surface area contributed by atoms with Crippen LogP contribution in [0.25, 0.3) is 0 Å². The van der Waals surface area contributed by atoms with E-state index in [9.17, 15) is 0 Å². The fourth-order valence-electron chi connectivity index (χ4n) is 2.98. The number of nitrogens with zero attached hydrogens (tertiary/aromatic N) is 5. The van der Waals surface area contributed by atoms with E-state index in [0.29, 0.717) is 19.7 Å². The van der Waals surface area contributed by atoms with Crippen LogP contribution in [-0.2, 0) is 31.4 Å². The highest BCUT2D eigenvalue weighted by atomic mass is 127. The van der Waals surface area contributed by atoms with Gasteiger partial charge in [0.2, 0.25) is 0 Å². The summed E-state index contributed by atoms with van der Waals surface area (Å²) in [7, 11) is 7.50. The fraction of sp³-hybridized carbons (Fsp3) is 0.556. The molecular weight excluding hydrogens is 479 g/mol. The lowest BCUT2D eigenvalue weighted by molar-refractivity contribution is 0.182. The first-order valence-electron chi connectivity index (χ1n) is 8.61. The summed E-state index contributed by atoms with van der Waals surface area (Å²) < 4.78 is 9.17. The van der Waals surface area contributed by atoms with Gasteiger partial charge in [0, 0.05) is 57.9 Å². The SMILES string of the molecule is CN=C(NCc1c(C)nn(CCOC)c1C)N(C)Cc1cc(Cl)cn1C.I. The van der Waals surface area contributed by atoms with Crippen molar-refractivity contribution in [1.82, 2.24) is 24.6 Å². The van der Waals surface area contributed by atoms with Crippen molar-refractivity contribution in [2.45, 2.75) is 33.5 Å². The van der Waals surface area contributed by atoms with Crippen LogP contribution in [0.15, 0.2) is 17.3 Å². The Bertz CT molecular complexity index is 770. The number of guanidine groups is 1. The van der Waals surface area contributed by atoms with Gasteiger partial charge in [-0.2, -0.15) is 5.10 Å². The van der Waals surface area contributed by atoms with Crippen molar-refractivity contribution < 1.29 is 4.74 Å². The summed E-state index contributed by atoms with van der Waals surface area (Å²) in [5.74, 6) is 0.825. The molecule has 2 aromatic heterocycles. The molecule has 2 heterocycles. The third-order valence-corrected chi connectivity index (χ3v) is 4.72. The van der Waals surface area contributed by atoms with Crippen LogP contribution in [0.4, 0.5) is 0 Å². The fourth-order valence-corrected chi connectivity index (χ4v) is 3.25. The minimum Gasteiger partial charge on any atom is -0.383 e. The van der Waals surface area contributed by atoms with Gasteiger partial charge < -0.3 is 19.5 Å². The lowest BCUT2D eigenvalue weighted by Gasteiger charge is -2.22. The third-order valence-electron chi connectivity index (χ3n) is 4.51. The van der Waals surface area contributed by atoms with E-state index in [-0.39, 0.29) is 24.0 Å². The molecule has 0 atom stereocenters. The second-order valence-corrected chi connectivity index (χ2v) is 6.82. The molecule has 7 nitrogen and oxygen atoms in total. The minimum atomic E-state index is 0. The Hall–Kier alpha value is -1.26. The van der Waals surface area contributed by atoms with Crippen LogP contribution in [0.5, 0.6) is 0 Å². The Morgan fingerprint density at radius 2 is 2.11 bits per heavy atom. The van der Waals surface area contributed by atoms with Crippen molar-refractivity contribution >= 4 is 41.5 Å². The molecule has 0 bridgehead atoms. The normalized spacial score (nSPS) is 11.4. The molecule has 1 N–H and O–H groups in total. The van der Waals surface area contributed by atoms with Crippen LogP contribution in [0.2, 0.25) is 5.02 Å². The second-order valence-electron chi connectivity index (χ2n) is 6.38. The molecule has 0 saturated heterocycles. The molecule has 0 aromatic carbocycles. The van der Waals surface area contributed by atoms with Gasteiger partial charge in [-0.25, -0.2) is 0 Å². The summed E-state index contributed by atoms with van der Waals surface area (Å²) in [4.78, 5) is 6.47. The van der Waals surface area contributed by atoms with Crippen molar-refractivity contribution in [2.24, 2.45) is 12.0 Å². The number of rotatable bonds is 7. The molecule has 2 aromatic rings. The van der Waals surface area contributed by atoms with Crippen molar-refractivity contribution in [3.8, 4) is 0 Å². The topological polar surface area (TPSA) is 59.6 Å². The molecule has 0 unspecified atom stereocenters. The van der Waals surface area contributed by atoms with E-state index in [1.807, 2.05) is 42.5 Å². The summed E-state index contributed by atoms with van der Waals surface area (Å²) in [6.07, 6.45) is 1.90. The van der Waals surface area contributed by atoms with Gasteiger partial charge in [0.15, 0.2) is 5.96 Å². The molecule has 0 aliphatic rings. The lowest BCUT2D eigenvalue weighted by atomic mass is 10.2. The number of hydrogen-bond donors (Lipinski definition) is 1. The molecule has 2 rings (SSSR count). The highest BCUT2D eigenvalue weighted by Gasteiger charge is 2.14. The number of aliphatic imine (C=N–C) groups is 1. The number of aryl methyl sites for hydroxylation is 2. The molecule has 0 aliphatic carbocycles. The lowest BCUT2D eigenvalue weighted by Crippen LogP contribution is -2.38. The Morgan fingerprint density at radius 1 is 1.41 bits per heavy atom. The van der Waals surface area contributed by atoms with Gasteiger partial charge in [0.05, 0.1) is 30.4 Å². The molecule has 152 valence electrons. The average Bonchev–Trinajstić information content (AvgIpc) is 3.05.